The molecule has 5 nitrogen and oxygen atoms in total. The van der Waals surface area contributed by atoms with Crippen molar-refractivity contribution in [1.29, 1.82) is 0 Å². The summed E-state index contributed by atoms with van der Waals surface area (Å²) in [6.07, 6.45) is 3.01. The summed E-state index contributed by atoms with van der Waals surface area (Å²) < 4.78 is 5.51. The van der Waals surface area contributed by atoms with Crippen LogP contribution in [-0.2, 0) is 4.74 Å². The molecule has 0 amide bonds. The highest BCUT2D eigenvalue weighted by molar-refractivity contribution is 5.85. The van der Waals surface area contributed by atoms with Crippen LogP contribution in [0.1, 0.15) is 47.0 Å². The van der Waals surface area contributed by atoms with Gasteiger partial charge in [0.2, 0.25) is 0 Å². The van der Waals surface area contributed by atoms with Gasteiger partial charge in [-0.2, -0.15) is 0 Å². The molecule has 0 aromatic heterocycles. The van der Waals surface area contributed by atoms with E-state index in [2.05, 4.69) is 24.3 Å². The highest BCUT2D eigenvalue weighted by Gasteiger charge is 2.22. The minimum absolute atomic E-state index is 0.246. The normalized spacial score (nSPS) is 13.2. The average Bonchev–Trinajstić information content (AvgIpc) is 2.35. The number of nitrogens with one attached hydrogen (secondary N) is 1. The second-order valence-corrected chi connectivity index (χ2v) is 6.02. The lowest BCUT2D eigenvalue weighted by Gasteiger charge is -2.22. The van der Waals surface area contributed by atoms with Crippen molar-refractivity contribution in [1.82, 2.24) is 5.32 Å². The number of amidine groups is 1. The van der Waals surface area contributed by atoms with E-state index in [0.29, 0.717) is 11.8 Å². The fraction of sp³-hybridized carbons (Fsp3) is 0.929. The van der Waals surface area contributed by atoms with Crippen molar-refractivity contribution in [3.05, 3.63) is 0 Å². The monoisotopic (exact) mass is 273 g/mol. The van der Waals surface area contributed by atoms with E-state index in [1.54, 1.807) is 0 Å². The first kappa shape index (κ1) is 18.2. The van der Waals surface area contributed by atoms with E-state index >= 15 is 0 Å². The molecule has 0 aliphatic heterocycles. The lowest BCUT2D eigenvalue weighted by atomic mass is 9.86. The van der Waals surface area contributed by atoms with E-state index in [9.17, 15) is 0 Å². The van der Waals surface area contributed by atoms with E-state index in [1.807, 2.05) is 13.8 Å². The first-order valence-corrected chi connectivity index (χ1v) is 7.16. The van der Waals surface area contributed by atoms with Crippen molar-refractivity contribution >= 4 is 5.84 Å². The number of rotatable bonds is 11. The standard InChI is InChI=1S/C14H31N3O2/c1-12(2)6-10-19-11-9-16-8-5-7-14(3,4)13(15)17-18/h12,16,18H,5-11H2,1-4H3,(H2,15,17). The van der Waals surface area contributed by atoms with Crippen molar-refractivity contribution in [3.8, 4) is 0 Å². The molecule has 4 N–H and O–H groups in total. The SMILES string of the molecule is CC(C)CCOCCNCCCC(C)(C)C(N)=NO. The Morgan fingerprint density at radius 1 is 1.32 bits per heavy atom. The predicted molar refractivity (Wildman–Crippen MR) is 79.6 cm³/mol. The van der Waals surface area contributed by atoms with Crippen molar-refractivity contribution < 1.29 is 9.94 Å². The van der Waals surface area contributed by atoms with Crippen molar-refractivity contribution in [2.45, 2.75) is 47.0 Å². The summed E-state index contributed by atoms with van der Waals surface area (Å²) in [5.41, 5.74) is 5.38. The van der Waals surface area contributed by atoms with Crippen LogP contribution in [0, 0.1) is 11.3 Å². The Bertz CT molecular complexity index is 253. The second-order valence-electron chi connectivity index (χ2n) is 6.02. The second kappa shape index (κ2) is 10.0. The minimum Gasteiger partial charge on any atom is -0.409 e. The minimum atomic E-state index is -0.246. The summed E-state index contributed by atoms with van der Waals surface area (Å²) >= 11 is 0. The lowest BCUT2D eigenvalue weighted by Crippen LogP contribution is -2.33. The van der Waals surface area contributed by atoms with Gasteiger partial charge in [0.1, 0.15) is 5.84 Å². The van der Waals surface area contributed by atoms with Gasteiger partial charge in [-0.25, -0.2) is 0 Å². The van der Waals surface area contributed by atoms with Crippen LogP contribution in [0.2, 0.25) is 0 Å². The van der Waals surface area contributed by atoms with E-state index in [1.165, 1.54) is 0 Å². The molecule has 114 valence electrons. The number of ether oxygens (including phenoxy) is 1. The Hall–Kier alpha value is -0.810. The molecule has 0 rings (SSSR count). The molecule has 0 fully saturated rings. The maximum Gasteiger partial charge on any atom is 0.144 e. The van der Waals surface area contributed by atoms with E-state index in [4.69, 9.17) is 15.7 Å². The third kappa shape index (κ3) is 9.73. The van der Waals surface area contributed by atoms with Gasteiger partial charge in [-0.05, 0) is 31.7 Å². The summed E-state index contributed by atoms with van der Waals surface area (Å²) in [5, 5.41) is 15.1. The van der Waals surface area contributed by atoms with Crippen molar-refractivity contribution in [2.75, 3.05) is 26.3 Å². The molecule has 0 radical (unpaired) electrons. The average molecular weight is 273 g/mol. The van der Waals surface area contributed by atoms with Crippen molar-refractivity contribution in [2.24, 2.45) is 22.2 Å². The van der Waals surface area contributed by atoms with Gasteiger partial charge in [-0.1, -0.05) is 32.9 Å². The van der Waals surface area contributed by atoms with E-state index in [-0.39, 0.29) is 5.41 Å². The van der Waals surface area contributed by atoms with Gasteiger partial charge in [-0.3, -0.25) is 0 Å². The van der Waals surface area contributed by atoms with E-state index < -0.39 is 0 Å². The Morgan fingerprint density at radius 3 is 2.58 bits per heavy atom. The van der Waals surface area contributed by atoms with Crippen LogP contribution >= 0.6 is 0 Å². The first-order chi connectivity index (χ1) is 8.90. The molecular formula is C14H31N3O2. The summed E-state index contributed by atoms with van der Waals surface area (Å²) in [4.78, 5) is 0. The molecule has 0 aromatic carbocycles. The quantitative estimate of drug-likeness (QED) is 0.177. The molecule has 0 aliphatic carbocycles. The van der Waals surface area contributed by atoms with Gasteiger partial charge in [0.15, 0.2) is 0 Å². The Balaban J connectivity index is 3.41. The highest BCUT2D eigenvalue weighted by atomic mass is 16.5. The highest BCUT2D eigenvalue weighted by Crippen LogP contribution is 2.21. The van der Waals surface area contributed by atoms with Crippen LogP contribution in [0.4, 0.5) is 0 Å². The number of nitrogens with two attached hydrogens (primary N) is 1. The third-order valence-electron chi connectivity index (χ3n) is 3.22. The first-order valence-electron chi connectivity index (χ1n) is 7.16. The topological polar surface area (TPSA) is 79.9 Å². The largest absolute Gasteiger partial charge is 0.409 e. The molecule has 0 heterocycles. The fourth-order valence-electron chi connectivity index (χ4n) is 1.61. The zero-order valence-corrected chi connectivity index (χ0v) is 12.9. The zero-order valence-electron chi connectivity index (χ0n) is 12.9. The van der Waals surface area contributed by atoms with Crippen LogP contribution in [-0.4, -0.2) is 37.3 Å². The number of nitrogens with zero attached hydrogens (tertiary/aromatic N) is 1. The van der Waals surface area contributed by atoms with Crippen LogP contribution in [0.5, 0.6) is 0 Å². The molecular weight excluding hydrogens is 242 g/mol. The van der Waals surface area contributed by atoms with Gasteiger partial charge >= 0.3 is 0 Å². The Morgan fingerprint density at radius 2 is 2.00 bits per heavy atom. The molecule has 0 unspecified atom stereocenters. The summed E-state index contributed by atoms with van der Waals surface area (Å²) in [5.74, 6) is 0.998. The lowest BCUT2D eigenvalue weighted by molar-refractivity contribution is 0.125. The maximum absolute atomic E-state index is 8.66. The maximum atomic E-state index is 8.66. The Kier molecular flexibility index (Phi) is 9.61. The molecule has 0 saturated carbocycles. The van der Waals surface area contributed by atoms with Gasteiger partial charge in [0.25, 0.3) is 0 Å². The third-order valence-corrected chi connectivity index (χ3v) is 3.22. The van der Waals surface area contributed by atoms with Crippen LogP contribution in [0.15, 0.2) is 5.16 Å². The van der Waals surface area contributed by atoms with Gasteiger partial charge < -0.3 is 21.0 Å². The predicted octanol–water partition coefficient (Wildman–Crippen LogP) is 2.19. The molecule has 0 aromatic rings. The Labute approximate surface area is 117 Å². The summed E-state index contributed by atoms with van der Waals surface area (Å²) in [7, 11) is 0. The molecule has 0 bridgehead atoms. The molecule has 19 heavy (non-hydrogen) atoms. The number of oxime groups is 1. The molecule has 0 saturated heterocycles. The zero-order chi connectivity index (χ0) is 14.7. The van der Waals surface area contributed by atoms with Crippen LogP contribution in [0.3, 0.4) is 0 Å². The molecule has 0 atom stereocenters. The van der Waals surface area contributed by atoms with Gasteiger partial charge in [0.05, 0.1) is 6.61 Å². The smallest absolute Gasteiger partial charge is 0.144 e. The molecule has 0 spiro atoms. The van der Waals surface area contributed by atoms with Crippen LogP contribution in [0.25, 0.3) is 0 Å². The number of hydrogen-bond donors (Lipinski definition) is 3. The summed E-state index contributed by atoms with van der Waals surface area (Å²) in [6, 6.07) is 0. The van der Waals surface area contributed by atoms with E-state index in [0.717, 1.165) is 45.6 Å². The molecule has 0 aliphatic rings. The van der Waals surface area contributed by atoms with Gasteiger partial charge in [-0.15, -0.1) is 0 Å². The van der Waals surface area contributed by atoms with Gasteiger partial charge in [0, 0.05) is 18.6 Å². The van der Waals surface area contributed by atoms with Crippen molar-refractivity contribution in [3.63, 3.8) is 0 Å². The fourth-order valence-corrected chi connectivity index (χ4v) is 1.61. The summed E-state index contributed by atoms with van der Waals surface area (Å²) in [6.45, 7) is 11.8. The molecule has 5 heteroatoms. The van der Waals surface area contributed by atoms with Crippen LogP contribution < -0.4 is 11.1 Å². The number of hydrogen-bond acceptors (Lipinski definition) is 4.